The van der Waals surface area contributed by atoms with E-state index in [-0.39, 0.29) is 12.1 Å². The number of nitrogens with zero attached hydrogens (tertiary/aromatic N) is 4. The van der Waals surface area contributed by atoms with E-state index in [0.29, 0.717) is 5.69 Å². The SMILES string of the molecule is Cc1cn(-c2cn([C@@H]3O[C@H](CC(C)OP(=O)(O)C(C)O)C(O)C3O)c(=O)[nH]c2=O)nn1. The largest absolute Gasteiger partial charge is 0.388 e. The third-order valence-electron chi connectivity index (χ3n) is 4.78. The van der Waals surface area contributed by atoms with Crippen LogP contribution in [0, 0.1) is 6.92 Å². The molecule has 1 aliphatic rings. The van der Waals surface area contributed by atoms with Gasteiger partial charge in [-0.2, -0.15) is 0 Å². The zero-order valence-corrected chi connectivity index (χ0v) is 17.8. The second-order valence-corrected chi connectivity index (χ2v) is 9.47. The number of hydrogen-bond acceptors (Lipinski definition) is 10. The van der Waals surface area contributed by atoms with Crippen LogP contribution in [0.3, 0.4) is 0 Å². The molecule has 1 aliphatic heterocycles. The van der Waals surface area contributed by atoms with Gasteiger partial charge in [-0.1, -0.05) is 5.21 Å². The van der Waals surface area contributed by atoms with E-state index >= 15 is 0 Å². The smallest absolute Gasteiger partial charge is 0.356 e. The van der Waals surface area contributed by atoms with Crippen LogP contribution < -0.4 is 11.2 Å². The molecule has 5 unspecified atom stereocenters. The molecule has 0 spiro atoms. The predicted octanol–water partition coefficient (Wildman–Crippen LogP) is -1.64. The number of nitrogens with one attached hydrogen (secondary N) is 1. The third kappa shape index (κ3) is 4.85. The van der Waals surface area contributed by atoms with Crippen LogP contribution in [0.25, 0.3) is 5.69 Å². The van der Waals surface area contributed by atoms with Gasteiger partial charge in [0.05, 0.1) is 24.1 Å². The lowest BCUT2D eigenvalue weighted by molar-refractivity contribution is -0.0504. The van der Waals surface area contributed by atoms with E-state index < -0.39 is 55.3 Å². The summed E-state index contributed by atoms with van der Waals surface area (Å²) in [6, 6.07) is 0. The summed E-state index contributed by atoms with van der Waals surface area (Å²) in [4.78, 5) is 36.2. The van der Waals surface area contributed by atoms with Gasteiger partial charge in [0.2, 0.25) is 0 Å². The first kappa shape index (κ1) is 23.5. The molecule has 7 atom stereocenters. The van der Waals surface area contributed by atoms with Crippen LogP contribution in [-0.4, -0.2) is 75.0 Å². The van der Waals surface area contributed by atoms with Crippen LogP contribution in [0.15, 0.2) is 22.0 Å². The summed E-state index contributed by atoms with van der Waals surface area (Å²) in [7, 11) is -4.29. The second-order valence-electron chi connectivity index (χ2n) is 7.38. The van der Waals surface area contributed by atoms with E-state index in [1.165, 1.54) is 13.1 Å². The number of aromatic amines is 1. The summed E-state index contributed by atoms with van der Waals surface area (Å²) in [5, 5.41) is 37.6. The molecule has 5 N–H and O–H groups in total. The van der Waals surface area contributed by atoms with Crippen molar-refractivity contribution >= 4 is 7.60 Å². The highest BCUT2D eigenvalue weighted by Gasteiger charge is 2.45. The van der Waals surface area contributed by atoms with Crippen LogP contribution in [0.1, 0.15) is 32.2 Å². The highest BCUT2D eigenvalue weighted by molar-refractivity contribution is 7.53. The maximum atomic E-state index is 12.3. The van der Waals surface area contributed by atoms with Crippen molar-refractivity contribution in [2.45, 2.75) is 63.7 Å². The van der Waals surface area contributed by atoms with Crippen molar-refractivity contribution in [1.82, 2.24) is 24.5 Å². The topological polar surface area (TPSA) is 202 Å². The zero-order chi connectivity index (χ0) is 23.1. The Morgan fingerprint density at radius 3 is 2.55 bits per heavy atom. The van der Waals surface area contributed by atoms with E-state index in [0.717, 1.165) is 22.4 Å². The fourth-order valence-electron chi connectivity index (χ4n) is 3.16. The average Bonchev–Trinajstić information content (AvgIpc) is 3.20. The second kappa shape index (κ2) is 8.74. The molecule has 0 amide bonds. The third-order valence-corrected chi connectivity index (χ3v) is 6.39. The van der Waals surface area contributed by atoms with Gasteiger partial charge in [-0.25, -0.2) is 9.48 Å². The molecule has 3 rings (SSSR count). The molecule has 2 aromatic rings. The van der Waals surface area contributed by atoms with Crippen LogP contribution in [0.2, 0.25) is 0 Å². The average molecular weight is 461 g/mol. The zero-order valence-electron chi connectivity index (χ0n) is 16.9. The molecule has 0 radical (unpaired) electrons. The van der Waals surface area contributed by atoms with Crippen molar-refractivity contribution in [1.29, 1.82) is 0 Å². The number of aromatic nitrogens is 5. The van der Waals surface area contributed by atoms with Crippen molar-refractivity contribution in [3.05, 3.63) is 38.9 Å². The molecule has 172 valence electrons. The van der Waals surface area contributed by atoms with E-state index in [1.807, 2.05) is 0 Å². The lowest BCUT2D eigenvalue weighted by Crippen LogP contribution is -2.39. The Kier molecular flexibility index (Phi) is 6.62. The van der Waals surface area contributed by atoms with Crippen molar-refractivity contribution in [3.8, 4) is 5.69 Å². The molecular formula is C16H24N5O9P. The predicted molar refractivity (Wildman–Crippen MR) is 104 cm³/mol. The van der Waals surface area contributed by atoms with Gasteiger partial charge in [0, 0.05) is 12.6 Å². The van der Waals surface area contributed by atoms with Gasteiger partial charge in [-0.05, 0) is 20.8 Å². The lowest BCUT2D eigenvalue weighted by Gasteiger charge is -2.23. The number of ether oxygens (including phenoxy) is 1. The first-order valence-electron chi connectivity index (χ1n) is 9.36. The van der Waals surface area contributed by atoms with Crippen LogP contribution >= 0.6 is 7.60 Å². The minimum atomic E-state index is -4.29. The van der Waals surface area contributed by atoms with Crippen molar-refractivity contribution < 1.29 is 34.0 Å². The molecule has 0 bridgehead atoms. The number of hydrogen-bond donors (Lipinski definition) is 5. The van der Waals surface area contributed by atoms with E-state index in [9.17, 15) is 34.4 Å². The van der Waals surface area contributed by atoms with E-state index in [4.69, 9.17) is 9.26 Å². The Hall–Kier alpha value is -2.19. The lowest BCUT2D eigenvalue weighted by atomic mass is 10.1. The molecule has 0 aromatic carbocycles. The normalized spacial score (nSPS) is 27.7. The van der Waals surface area contributed by atoms with Crippen LogP contribution in [0.5, 0.6) is 0 Å². The van der Waals surface area contributed by atoms with Gasteiger partial charge in [-0.3, -0.25) is 18.9 Å². The number of aliphatic hydroxyl groups is 3. The summed E-state index contributed by atoms with van der Waals surface area (Å²) in [6.07, 6.45) is -3.93. The Labute approximate surface area is 175 Å². The number of aliphatic hydroxyl groups excluding tert-OH is 3. The first-order chi connectivity index (χ1) is 14.4. The molecule has 0 saturated carbocycles. The van der Waals surface area contributed by atoms with Gasteiger partial charge in [0.15, 0.2) is 12.1 Å². The molecule has 14 nitrogen and oxygen atoms in total. The summed E-state index contributed by atoms with van der Waals surface area (Å²) < 4.78 is 24.4. The number of aryl methyl sites for hydroxylation is 1. The van der Waals surface area contributed by atoms with E-state index in [1.54, 1.807) is 6.92 Å². The molecular weight excluding hydrogens is 437 g/mol. The minimum absolute atomic E-state index is 0.0659. The molecule has 1 saturated heterocycles. The fraction of sp³-hybridized carbons (Fsp3) is 0.625. The fourth-order valence-corrected chi connectivity index (χ4v) is 3.94. The Morgan fingerprint density at radius 2 is 1.97 bits per heavy atom. The Balaban J connectivity index is 1.84. The van der Waals surface area contributed by atoms with E-state index in [2.05, 4.69) is 15.3 Å². The maximum Gasteiger partial charge on any atom is 0.356 e. The monoisotopic (exact) mass is 461 g/mol. The van der Waals surface area contributed by atoms with Crippen molar-refractivity contribution in [2.24, 2.45) is 0 Å². The van der Waals surface area contributed by atoms with Gasteiger partial charge >= 0.3 is 13.3 Å². The molecule has 15 heteroatoms. The summed E-state index contributed by atoms with van der Waals surface area (Å²) in [6.45, 7) is 4.19. The van der Waals surface area contributed by atoms with Crippen molar-refractivity contribution in [3.63, 3.8) is 0 Å². The van der Waals surface area contributed by atoms with Gasteiger partial charge < -0.3 is 29.5 Å². The summed E-state index contributed by atoms with van der Waals surface area (Å²) >= 11 is 0. The first-order valence-corrected chi connectivity index (χ1v) is 11.0. The summed E-state index contributed by atoms with van der Waals surface area (Å²) in [5.41, 5.74) is -1.17. The molecule has 2 aromatic heterocycles. The molecule has 1 fully saturated rings. The minimum Gasteiger partial charge on any atom is -0.388 e. The highest BCUT2D eigenvalue weighted by atomic mass is 31.2. The molecule has 0 aliphatic carbocycles. The Bertz CT molecular complexity index is 1100. The molecule has 31 heavy (non-hydrogen) atoms. The molecule has 3 heterocycles. The summed E-state index contributed by atoms with van der Waals surface area (Å²) in [5.74, 6) is -1.61. The number of rotatable bonds is 7. The van der Waals surface area contributed by atoms with Crippen molar-refractivity contribution in [2.75, 3.05) is 0 Å². The highest BCUT2D eigenvalue weighted by Crippen LogP contribution is 2.48. The number of H-pyrrole nitrogens is 1. The van der Waals surface area contributed by atoms with Gasteiger partial charge in [-0.15, -0.1) is 5.10 Å². The van der Waals surface area contributed by atoms with Gasteiger partial charge in [0.1, 0.15) is 17.9 Å². The van der Waals surface area contributed by atoms with Gasteiger partial charge in [0.25, 0.3) is 5.56 Å². The quantitative estimate of drug-likeness (QED) is 0.296. The van der Waals surface area contributed by atoms with Crippen LogP contribution in [-0.2, 0) is 13.8 Å². The standard InChI is InChI=1S/C16H24N5O9P/c1-7-5-21(19-18-7)10-6-20(16(26)17-14(10)25)15-13(24)12(23)11(29-15)4-8(2)30-31(27,28)9(3)22/h5-6,8-9,11-13,15,22-24H,4H2,1-3H3,(H,27,28)(H,17,25,26)/t8?,9?,11-,12?,13?,15-/m1/s1. The Morgan fingerprint density at radius 1 is 1.29 bits per heavy atom. The maximum absolute atomic E-state index is 12.3. The van der Waals surface area contributed by atoms with Crippen LogP contribution in [0.4, 0.5) is 0 Å².